The summed E-state index contributed by atoms with van der Waals surface area (Å²) in [4.78, 5) is 12.5. The molecular formula is C6H12N2O2. The van der Waals surface area contributed by atoms with Crippen molar-refractivity contribution < 1.29 is 9.90 Å². The first kappa shape index (κ1) is 7.50. The van der Waals surface area contributed by atoms with Crippen molar-refractivity contribution in [3.8, 4) is 0 Å². The molecule has 1 aliphatic heterocycles. The van der Waals surface area contributed by atoms with Crippen molar-refractivity contribution in [2.75, 3.05) is 13.1 Å². The molecule has 58 valence electrons. The summed E-state index contributed by atoms with van der Waals surface area (Å²) < 4.78 is 0. The van der Waals surface area contributed by atoms with Gasteiger partial charge in [0.05, 0.1) is 12.1 Å². The lowest BCUT2D eigenvalue weighted by molar-refractivity contribution is -0.142. The second-order valence-electron chi connectivity index (χ2n) is 2.69. The third kappa shape index (κ3) is 1.27. The molecule has 1 atom stereocenters. The lowest BCUT2D eigenvalue weighted by Crippen LogP contribution is -2.57. The Labute approximate surface area is 59.6 Å². The number of amides is 1. The van der Waals surface area contributed by atoms with Crippen LogP contribution < -0.4 is 5.73 Å². The van der Waals surface area contributed by atoms with Crippen molar-refractivity contribution in [1.29, 1.82) is 0 Å². The molecule has 1 amide bonds. The number of likely N-dealkylation sites (tertiary alicyclic amines) is 1. The summed E-state index contributed by atoms with van der Waals surface area (Å²) in [6.07, 6.45) is -0.331. The lowest BCUT2D eigenvalue weighted by Gasteiger charge is -2.36. The topological polar surface area (TPSA) is 66.6 Å². The van der Waals surface area contributed by atoms with Crippen LogP contribution in [-0.2, 0) is 4.79 Å². The molecule has 1 rings (SSSR count). The highest BCUT2D eigenvalue weighted by molar-refractivity contribution is 5.81. The Hall–Kier alpha value is -0.610. The van der Waals surface area contributed by atoms with E-state index >= 15 is 0 Å². The lowest BCUT2D eigenvalue weighted by atomic mass is 10.1. The predicted molar refractivity (Wildman–Crippen MR) is 36.2 cm³/mol. The maximum absolute atomic E-state index is 11.0. The molecule has 3 N–H and O–H groups in total. The smallest absolute Gasteiger partial charge is 0.239 e. The van der Waals surface area contributed by atoms with Gasteiger partial charge in [0.1, 0.15) is 0 Å². The van der Waals surface area contributed by atoms with Crippen LogP contribution in [0.25, 0.3) is 0 Å². The number of β-amino-alcohol motifs (C(OH)–C–C–N with tert-alkyl or cyclic N) is 1. The highest BCUT2D eigenvalue weighted by Crippen LogP contribution is 2.07. The van der Waals surface area contributed by atoms with Crippen molar-refractivity contribution in [2.24, 2.45) is 5.73 Å². The number of nitrogens with zero attached hydrogens (tertiary/aromatic N) is 1. The number of hydrogen-bond acceptors (Lipinski definition) is 3. The van der Waals surface area contributed by atoms with Gasteiger partial charge in [0.15, 0.2) is 0 Å². The molecule has 1 aliphatic rings. The molecule has 0 spiro atoms. The van der Waals surface area contributed by atoms with E-state index in [4.69, 9.17) is 10.8 Å². The minimum absolute atomic E-state index is 0.0784. The van der Waals surface area contributed by atoms with Crippen molar-refractivity contribution in [3.63, 3.8) is 0 Å². The monoisotopic (exact) mass is 144 g/mol. The van der Waals surface area contributed by atoms with E-state index in [0.29, 0.717) is 13.1 Å². The molecule has 4 heteroatoms. The van der Waals surface area contributed by atoms with Gasteiger partial charge in [-0.3, -0.25) is 4.79 Å². The average Bonchev–Trinajstić information content (AvgIpc) is 1.79. The third-order valence-corrected chi connectivity index (χ3v) is 1.56. The van der Waals surface area contributed by atoms with Crippen LogP contribution in [0.3, 0.4) is 0 Å². The second-order valence-corrected chi connectivity index (χ2v) is 2.69. The summed E-state index contributed by atoms with van der Waals surface area (Å²) >= 11 is 0. The number of carbonyl (C=O) groups excluding carboxylic acids is 1. The number of hydrogen-bond donors (Lipinski definition) is 2. The van der Waals surface area contributed by atoms with Gasteiger partial charge in [0.25, 0.3) is 0 Å². The van der Waals surface area contributed by atoms with Gasteiger partial charge < -0.3 is 15.7 Å². The molecule has 0 aliphatic carbocycles. The normalized spacial score (nSPS) is 22.1. The molecule has 0 saturated carbocycles. The molecule has 0 aromatic heterocycles. The first-order valence-corrected chi connectivity index (χ1v) is 3.33. The highest BCUT2D eigenvalue weighted by atomic mass is 16.3. The minimum atomic E-state index is -0.438. The van der Waals surface area contributed by atoms with Gasteiger partial charge in [-0.25, -0.2) is 0 Å². The van der Waals surface area contributed by atoms with Gasteiger partial charge in [-0.1, -0.05) is 0 Å². The third-order valence-electron chi connectivity index (χ3n) is 1.56. The van der Waals surface area contributed by atoms with Crippen LogP contribution in [0.1, 0.15) is 6.92 Å². The van der Waals surface area contributed by atoms with Gasteiger partial charge in [0, 0.05) is 13.1 Å². The van der Waals surface area contributed by atoms with Crippen LogP contribution in [0.15, 0.2) is 0 Å². The second kappa shape index (κ2) is 2.56. The van der Waals surface area contributed by atoms with E-state index in [1.54, 1.807) is 11.8 Å². The Morgan fingerprint density at radius 3 is 2.60 bits per heavy atom. The fourth-order valence-electron chi connectivity index (χ4n) is 0.923. The summed E-state index contributed by atoms with van der Waals surface area (Å²) in [6, 6.07) is -0.438. The SMILES string of the molecule is CC(N)C(=O)N1CC(O)C1. The largest absolute Gasteiger partial charge is 0.389 e. The quantitative estimate of drug-likeness (QED) is 0.472. The summed E-state index contributed by atoms with van der Waals surface area (Å²) in [7, 11) is 0. The zero-order valence-electron chi connectivity index (χ0n) is 5.95. The Morgan fingerprint density at radius 2 is 2.30 bits per heavy atom. The summed E-state index contributed by atoms with van der Waals surface area (Å²) in [5.41, 5.74) is 5.32. The van der Waals surface area contributed by atoms with Gasteiger partial charge in [0.2, 0.25) is 5.91 Å². The first-order chi connectivity index (χ1) is 4.61. The molecule has 0 bridgehead atoms. The zero-order valence-corrected chi connectivity index (χ0v) is 5.95. The van der Waals surface area contributed by atoms with E-state index in [1.165, 1.54) is 0 Å². The number of carbonyl (C=O) groups is 1. The molecule has 0 aromatic carbocycles. The van der Waals surface area contributed by atoms with Crippen molar-refractivity contribution >= 4 is 5.91 Å². The van der Waals surface area contributed by atoms with Crippen LogP contribution in [0.4, 0.5) is 0 Å². The summed E-state index contributed by atoms with van der Waals surface area (Å²) in [5.74, 6) is -0.0784. The van der Waals surface area contributed by atoms with Gasteiger partial charge in [-0.05, 0) is 6.92 Å². The molecule has 1 unspecified atom stereocenters. The van der Waals surface area contributed by atoms with Crippen LogP contribution in [-0.4, -0.2) is 41.1 Å². The average molecular weight is 144 g/mol. The predicted octanol–water partition coefficient (Wildman–Crippen LogP) is -1.46. The molecule has 0 aromatic rings. The Bertz CT molecular complexity index is 141. The Kier molecular flexibility index (Phi) is 1.92. The molecule has 1 saturated heterocycles. The number of rotatable bonds is 1. The molecule has 4 nitrogen and oxygen atoms in total. The van der Waals surface area contributed by atoms with Crippen molar-refractivity contribution in [2.45, 2.75) is 19.1 Å². The van der Waals surface area contributed by atoms with E-state index in [1.807, 2.05) is 0 Å². The molecule has 0 radical (unpaired) electrons. The number of nitrogens with two attached hydrogens (primary N) is 1. The molecule has 10 heavy (non-hydrogen) atoms. The zero-order chi connectivity index (χ0) is 7.72. The van der Waals surface area contributed by atoms with E-state index < -0.39 is 6.04 Å². The minimum Gasteiger partial charge on any atom is -0.389 e. The van der Waals surface area contributed by atoms with Crippen molar-refractivity contribution in [1.82, 2.24) is 4.90 Å². The molecule has 1 heterocycles. The summed E-state index contributed by atoms with van der Waals surface area (Å²) in [6.45, 7) is 2.54. The van der Waals surface area contributed by atoms with Gasteiger partial charge in [-0.15, -0.1) is 0 Å². The van der Waals surface area contributed by atoms with Crippen LogP contribution in [0, 0.1) is 0 Å². The van der Waals surface area contributed by atoms with Crippen LogP contribution in [0.5, 0.6) is 0 Å². The van der Waals surface area contributed by atoms with E-state index in [0.717, 1.165) is 0 Å². The molecular weight excluding hydrogens is 132 g/mol. The van der Waals surface area contributed by atoms with E-state index in [-0.39, 0.29) is 12.0 Å². The Morgan fingerprint density at radius 1 is 1.80 bits per heavy atom. The van der Waals surface area contributed by atoms with E-state index in [9.17, 15) is 4.79 Å². The van der Waals surface area contributed by atoms with Gasteiger partial charge >= 0.3 is 0 Å². The number of aliphatic hydroxyl groups excluding tert-OH is 1. The maximum Gasteiger partial charge on any atom is 0.239 e. The molecule has 1 fully saturated rings. The van der Waals surface area contributed by atoms with E-state index in [2.05, 4.69) is 0 Å². The first-order valence-electron chi connectivity index (χ1n) is 3.33. The standard InChI is InChI=1S/C6H12N2O2/c1-4(7)6(10)8-2-5(9)3-8/h4-5,9H,2-3,7H2,1H3. The summed E-state index contributed by atoms with van der Waals surface area (Å²) in [5, 5.41) is 8.81. The highest BCUT2D eigenvalue weighted by Gasteiger charge is 2.29. The fourth-order valence-corrected chi connectivity index (χ4v) is 0.923. The van der Waals surface area contributed by atoms with Crippen LogP contribution in [0.2, 0.25) is 0 Å². The van der Waals surface area contributed by atoms with Crippen LogP contribution >= 0.6 is 0 Å². The number of aliphatic hydroxyl groups is 1. The van der Waals surface area contributed by atoms with Gasteiger partial charge in [-0.2, -0.15) is 0 Å². The van der Waals surface area contributed by atoms with Crippen molar-refractivity contribution in [3.05, 3.63) is 0 Å². The maximum atomic E-state index is 11.0. The fraction of sp³-hybridized carbons (Fsp3) is 0.833. The Balaban J connectivity index is 2.31.